The first-order chi connectivity index (χ1) is 9.15. The number of hydrogen-bond donors (Lipinski definition) is 1. The molecule has 3 nitrogen and oxygen atoms in total. The number of methoxy groups -OCH3 is 1. The molecule has 1 unspecified atom stereocenters. The second kappa shape index (κ2) is 8.18. The lowest BCUT2D eigenvalue weighted by Gasteiger charge is -2.21. The maximum absolute atomic E-state index is 5.48. The maximum atomic E-state index is 5.48. The summed E-state index contributed by atoms with van der Waals surface area (Å²) in [4.78, 5) is 2.40. The van der Waals surface area contributed by atoms with E-state index < -0.39 is 0 Å². The monoisotopic (exact) mass is 264 g/mol. The van der Waals surface area contributed by atoms with Gasteiger partial charge in [-0.3, -0.25) is 4.90 Å². The van der Waals surface area contributed by atoms with Gasteiger partial charge in [0.2, 0.25) is 0 Å². The van der Waals surface area contributed by atoms with Gasteiger partial charge >= 0.3 is 0 Å². The van der Waals surface area contributed by atoms with Crippen molar-refractivity contribution >= 4 is 0 Å². The minimum absolute atomic E-state index is 0.381. The zero-order chi connectivity index (χ0) is 14.3. The van der Waals surface area contributed by atoms with E-state index in [2.05, 4.69) is 56.1 Å². The van der Waals surface area contributed by atoms with Crippen molar-refractivity contribution in [3.05, 3.63) is 29.3 Å². The van der Waals surface area contributed by atoms with Crippen molar-refractivity contribution in [2.24, 2.45) is 0 Å². The first-order valence-corrected chi connectivity index (χ1v) is 7.28. The van der Waals surface area contributed by atoms with Gasteiger partial charge < -0.3 is 10.1 Å². The molecule has 0 aliphatic heterocycles. The Balaban J connectivity index is 2.95. The molecule has 0 radical (unpaired) electrons. The lowest BCUT2D eigenvalue weighted by atomic mass is 10.0. The van der Waals surface area contributed by atoms with E-state index in [-0.39, 0.29) is 0 Å². The molecule has 1 atom stereocenters. The van der Waals surface area contributed by atoms with Crippen molar-refractivity contribution in [3.63, 3.8) is 0 Å². The van der Waals surface area contributed by atoms with Gasteiger partial charge in [0, 0.05) is 18.2 Å². The van der Waals surface area contributed by atoms with E-state index in [0.29, 0.717) is 6.04 Å². The SMILES string of the molecule is CCNC(C)c1ccc(OC)c(CN(CC)CC)c1. The summed E-state index contributed by atoms with van der Waals surface area (Å²) in [6, 6.07) is 6.89. The summed E-state index contributed by atoms with van der Waals surface area (Å²) in [6.45, 7) is 12.8. The van der Waals surface area contributed by atoms with Crippen LogP contribution in [-0.4, -0.2) is 31.6 Å². The van der Waals surface area contributed by atoms with E-state index in [4.69, 9.17) is 4.74 Å². The highest BCUT2D eigenvalue weighted by atomic mass is 16.5. The summed E-state index contributed by atoms with van der Waals surface area (Å²) in [5.74, 6) is 0.986. The third-order valence-corrected chi connectivity index (χ3v) is 3.60. The molecular formula is C16H28N2O. The fourth-order valence-electron chi connectivity index (χ4n) is 2.30. The smallest absolute Gasteiger partial charge is 0.123 e. The van der Waals surface area contributed by atoms with Crippen LogP contribution in [0.5, 0.6) is 5.75 Å². The minimum atomic E-state index is 0.381. The summed E-state index contributed by atoms with van der Waals surface area (Å²) in [6.07, 6.45) is 0. The first-order valence-electron chi connectivity index (χ1n) is 7.28. The molecule has 1 N–H and O–H groups in total. The standard InChI is InChI=1S/C16H28N2O/c1-6-17-13(4)14-9-10-16(19-5)15(11-14)12-18(7-2)8-3/h9-11,13,17H,6-8,12H2,1-5H3. The third kappa shape index (κ3) is 4.51. The molecule has 1 aromatic carbocycles. The van der Waals surface area contributed by atoms with Crippen LogP contribution in [0.2, 0.25) is 0 Å². The molecule has 0 fully saturated rings. The Kier molecular flexibility index (Phi) is 6.89. The van der Waals surface area contributed by atoms with Crippen LogP contribution >= 0.6 is 0 Å². The molecule has 108 valence electrons. The van der Waals surface area contributed by atoms with Crippen LogP contribution in [0.25, 0.3) is 0 Å². The molecule has 0 aliphatic carbocycles. The largest absolute Gasteiger partial charge is 0.496 e. The van der Waals surface area contributed by atoms with Crippen LogP contribution in [0.1, 0.15) is 44.9 Å². The van der Waals surface area contributed by atoms with Crippen LogP contribution in [-0.2, 0) is 6.54 Å². The van der Waals surface area contributed by atoms with Gasteiger partial charge in [0.25, 0.3) is 0 Å². The predicted molar refractivity (Wildman–Crippen MR) is 81.7 cm³/mol. The van der Waals surface area contributed by atoms with E-state index in [1.54, 1.807) is 7.11 Å². The number of nitrogens with zero attached hydrogens (tertiary/aromatic N) is 1. The molecule has 0 bridgehead atoms. The topological polar surface area (TPSA) is 24.5 Å². The third-order valence-electron chi connectivity index (χ3n) is 3.60. The van der Waals surface area contributed by atoms with Crippen molar-refractivity contribution in [1.29, 1.82) is 0 Å². The van der Waals surface area contributed by atoms with Gasteiger partial charge in [-0.05, 0) is 44.3 Å². The van der Waals surface area contributed by atoms with E-state index in [9.17, 15) is 0 Å². The Labute approximate surface area is 118 Å². The van der Waals surface area contributed by atoms with Crippen molar-refractivity contribution in [2.45, 2.75) is 40.3 Å². The number of hydrogen-bond acceptors (Lipinski definition) is 3. The molecule has 0 heterocycles. The van der Waals surface area contributed by atoms with Gasteiger partial charge in [0.15, 0.2) is 0 Å². The van der Waals surface area contributed by atoms with Crippen molar-refractivity contribution in [1.82, 2.24) is 10.2 Å². The van der Waals surface area contributed by atoms with E-state index in [1.165, 1.54) is 11.1 Å². The number of benzene rings is 1. The normalized spacial score (nSPS) is 12.7. The highest BCUT2D eigenvalue weighted by molar-refractivity contribution is 5.38. The zero-order valence-corrected chi connectivity index (χ0v) is 13.0. The number of ether oxygens (including phenoxy) is 1. The Morgan fingerprint density at radius 2 is 1.89 bits per heavy atom. The van der Waals surface area contributed by atoms with E-state index in [0.717, 1.165) is 31.9 Å². The lowest BCUT2D eigenvalue weighted by Crippen LogP contribution is -2.23. The molecule has 0 spiro atoms. The lowest BCUT2D eigenvalue weighted by molar-refractivity contribution is 0.289. The summed E-state index contributed by atoms with van der Waals surface area (Å²) in [7, 11) is 1.74. The summed E-state index contributed by atoms with van der Waals surface area (Å²) < 4.78 is 5.48. The van der Waals surface area contributed by atoms with Crippen LogP contribution in [0.3, 0.4) is 0 Å². The molecule has 19 heavy (non-hydrogen) atoms. The molecule has 0 aliphatic rings. The van der Waals surface area contributed by atoms with Gasteiger partial charge in [-0.2, -0.15) is 0 Å². The van der Waals surface area contributed by atoms with Gasteiger partial charge in [0.1, 0.15) is 5.75 Å². The van der Waals surface area contributed by atoms with Gasteiger partial charge in [-0.25, -0.2) is 0 Å². The molecule has 0 saturated carbocycles. The average Bonchev–Trinajstić information content (AvgIpc) is 2.44. The Hall–Kier alpha value is -1.06. The molecule has 0 aromatic heterocycles. The number of rotatable bonds is 8. The van der Waals surface area contributed by atoms with Crippen LogP contribution in [0.4, 0.5) is 0 Å². The van der Waals surface area contributed by atoms with E-state index >= 15 is 0 Å². The fourth-order valence-corrected chi connectivity index (χ4v) is 2.30. The highest BCUT2D eigenvalue weighted by Crippen LogP contribution is 2.24. The summed E-state index contributed by atoms with van der Waals surface area (Å²) >= 11 is 0. The van der Waals surface area contributed by atoms with Crippen molar-refractivity contribution in [2.75, 3.05) is 26.7 Å². The molecule has 0 amide bonds. The second-order valence-corrected chi connectivity index (χ2v) is 4.81. The molecule has 1 aromatic rings. The van der Waals surface area contributed by atoms with Crippen LogP contribution in [0, 0.1) is 0 Å². The quantitative estimate of drug-likeness (QED) is 0.780. The predicted octanol–water partition coefficient (Wildman–Crippen LogP) is 3.21. The van der Waals surface area contributed by atoms with Crippen LogP contribution in [0.15, 0.2) is 18.2 Å². The van der Waals surface area contributed by atoms with Gasteiger partial charge in [-0.1, -0.05) is 26.8 Å². The van der Waals surface area contributed by atoms with E-state index in [1.807, 2.05) is 0 Å². The Morgan fingerprint density at radius 3 is 2.42 bits per heavy atom. The molecule has 3 heteroatoms. The van der Waals surface area contributed by atoms with Crippen LogP contribution < -0.4 is 10.1 Å². The van der Waals surface area contributed by atoms with Gasteiger partial charge in [0.05, 0.1) is 7.11 Å². The fraction of sp³-hybridized carbons (Fsp3) is 0.625. The Morgan fingerprint density at radius 1 is 1.21 bits per heavy atom. The minimum Gasteiger partial charge on any atom is -0.496 e. The average molecular weight is 264 g/mol. The van der Waals surface area contributed by atoms with Crippen molar-refractivity contribution < 1.29 is 4.74 Å². The molecule has 0 saturated heterocycles. The summed E-state index contributed by atoms with van der Waals surface area (Å²) in [5.41, 5.74) is 2.60. The van der Waals surface area contributed by atoms with Crippen molar-refractivity contribution in [3.8, 4) is 5.75 Å². The molecular weight excluding hydrogens is 236 g/mol. The second-order valence-electron chi connectivity index (χ2n) is 4.81. The molecule has 1 rings (SSSR count). The van der Waals surface area contributed by atoms with Gasteiger partial charge in [-0.15, -0.1) is 0 Å². The highest BCUT2D eigenvalue weighted by Gasteiger charge is 2.11. The zero-order valence-electron chi connectivity index (χ0n) is 13.0. The maximum Gasteiger partial charge on any atom is 0.123 e. The number of nitrogens with one attached hydrogen (secondary N) is 1. The Bertz CT molecular complexity index is 375. The first kappa shape index (κ1) is 16.0. The summed E-state index contributed by atoms with van der Waals surface area (Å²) in [5, 5.41) is 3.45.